The summed E-state index contributed by atoms with van der Waals surface area (Å²) in [5.41, 5.74) is 1.30. The lowest BCUT2D eigenvalue weighted by Gasteiger charge is -2.45. The van der Waals surface area contributed by atoms with Crippen LogP contribution in [0.4, 0.5) is 0 Å². The minimum absolute atomic E-state index is 0.189. The van der Waals surface area contributed by atoms with Crippen molar-refractivity contribution < 1.29 is 9.53 Å². The summed E-state index contributed by atoms with van der Waals surface area (Å²) in [5, 5.41) is 3.88. The van der Waals surface area contributed by atoms with Crippen LogP contribution >= 0.6 is 11.6 Å². The Kier molecular flexibility index (Phi) is 10.1. The lowest BCUT2D eigenvalue weighted by atomic mass is 9.86. The summed E-state index contributed by atoms with van der Waals surface area (Å²) < 4.78 is 5.57. The van der Waals surface area contributed by atoms with Crippen molar-refractivity contribution in [1.29, 1.82) is 0 Å². The maximum absolute atomic E-state index is 12.4. The number of amides is 1. The predicted octanol–water partition coefficient (Wildman–Crippen LogP) is 2.71. The normalized spacial score (nSPS) is 23.2. The first kappa shape index (κ1) is 24.5. The van der Waals surface area contributed by atoms with Crippen LogP contribution in [0.2, 0.25) is 5.02 Å². The third-order valence-electron chi connectivity index (χ3n) is 6.46. The second-order valence-corrected chi connectivity index (χ2v) is 9.61. The molecule has 2 aliphatic heterocycles. The number of morpholine rings is 1. The van der Waals surface area contributed by atoms with Gasteiger partial charge < -0.3 is 15.0 Å². The Balaban J connectivity index is 1.53. The fraction of sp³-hybridized carbons (Fsp3) is 0.708. The van der Waals surface area contributed by atoms with E-state index in [0.717, 1.165) is 83.3 Å². The van der Waals surface area contributed by atoms with Gasteiger partial charge in [-0.15, -0.1) is 0 Å². The van der Waals surface area contributed by atoms with Gasteiger partial charge in [-0.1, -0.05) is 23.7 Å². The number of hydrogen-bond donors (Lipinski definition) is 1. The fourth-order valence-electron chi connectivity index (χ4n) is 4.79. The van der Waals surface area contributed by atoms with Gasteiger partial charge in [0, 0.05) is 50.2 Å². The van der Waals surface area contributed by atoms with Crippen molar-refractivity contribution in [2.24, 2.45) is 5.92 Å². The first-order chi connectivity index (χ1) is 15.0. The Labute approximate surface area is 192 Å². The fourth-order valence-corrected chi connectivity index (χ4v) is 4.91. The average molecular weight is 451 g/mol. The third kappa shape index (κ3) is 8.35. The molecule has 0 bridgehead atoms. The Morgan fingerprint density at radius 3 is 2.65 bits per heavy atom. The van der Waals surface area contributed by atoms with E-state index in [1.165, 1.54) is 5.56 Å². The maximum Gasteiger partial charge on any atom is 0.220 e. The van der Waals surface area contributed by atoms with E-state index in [0.29, 0.717) is 18.4 Å². The number of halogens is 1. The molecule has 2 atom stereocenters. The molecular formula is C24H39ClN4O2. The van der Waals surface area contributed by atoms with Gasteiger partial charge in [-0.3, -0.25) is 14.6 Å². The van der Waals surface area contributed by atoms with Gasteiger partial charge >= 0.3 is 0 Å². The minimum atomic E-state index is 0.189. The Morgan fingerprint density at radius 1 is 1.19 bits per heavy atom. The molecule has 2 fully saturated rings. The zero-order valence-electron chi connectivity index (χ0n) is 19.2. The number of carbonyl (C=O) groups excluding carboxylic acids is 1. The molecular weight excluding hydrogens is 412 g/mol. The monoisotopic (exact) mass is 450 g/mol. The van der Waals surface area contributed by atoms with E-state index >= 15 is 0 Å². The van der Waals surface area contributed by atoms with Crippen molar-refractivity contribution >= 4 is 17.5 Å². The van der Waals surface area contributed by atoms with Crippen molar-refractivity contribution in [2.45, 2.75) is 38.3 Å². The van der Waals surface area contributed by atoms with E-state index in [-0.39, 0.29) is 5.91 Å². The molecule has 1 amide bonds. The van der Waals surface area contributed by atoms with Crippen LogP contribution in [0.1, 0.15) is 31.2 Å². The molecule has 174 valence electrons. The van der Waals surface area contributed by atoms with E-state index in [4.69, 9.17) is 16.3 Å². The Hall–Kier alpha value is -1.18. The molecule has 2 heterocycles. The van der Waals surface area contributed by atoms with Gasteiger partial charge in [0.2, 0.25) is 5.91 Å². The van der Waals surface area contributed by atoms with Gasteiger partial charge in [-0.05, 0) is 70.1 Å². The summed E-state index contributed by atoms with van der Waals surface area (Å²) in [6.45, 7) is 8.51. The van der Waals surface area contributed by atoms with E-state index in [9.17, 15) is 4.79 Å². The number of nitrogens with zero attached hydrogens (tertiary/aromatic N) is 3. The molecule has 3 rings (SSSR count). The number of likely N-dealkylation sites (tertiary alicyclic amines) is 1. The summed E-state index contributed by atoms with van der Waals surface area (Å²) in [6.07, 6.45) is 3.71. The summed E-state index contributed by atoms with van der Waals surface area (Å²) in [7, 11) is 4.12. The van der Waals surface area contributed by atoms with Crippen molar-refractivity contribution in [3.8, 4) is 0 Å². The predicted molar refractivity (Wildman–Crippen MR) is 126 cm³/mol. The number of nitrogens with one attached hydrogen (secondary N) is 1. The molecule has 1 N–H and O–H groups in total. The van der Waals surface area contributed by atoms with Gasteiger partial charge in [0.25, 0.3) is 0 Å². The first-order valence-electron chi connectivity index (χ1n) is 11.7. The zero-order valence-corrected chi connectivity index (χ0v) is 19.9. The van der Waals surface area contributed by atoms with Crippen LogP contribution in [0, 0.1) is 5.92 Å². The molecule has 2 saturated heterocycles. The molecule has 0 aliphatic carbocycles. The van der Waals surface area contributed by atoms with E-state index in [1.807, 2.05) is 12.1 Å². The van der Waals surface area contributed by atoms with Gasteiger partial charge in [0.1, 0.15) is 0 Å². The highest BCUT2D eigenvalue weighted by Crippen LogP contribution is 2.28. The minimum Gasteiger partial charge on any atom is -0.379 e. The third-order valence-corrected chi connectivity index (χ3v) is 6.71. The summed E-state index contributed by atoms with van der Waals surface area (Å²) >= 11 is 6.04. The lowest BCUT2D eigenvalue weighted by Crippen LogP contribution is -2.54. The smallest absolute Gasteiger partial charge is 0.220 e. The molecule has 0 aromatic heterocycles. The number of hydrogen-bond acceptors (Lipinski definition) is 5. The Bertz CT molecular complexity index is 664. The van der Waals surface area contributed by atoms with Gasteiger partial charge in [-0.25, -0.2) is 0 Å². The highest BCUT2D eigenvalue weighted by molar-refractivity contribution is 6.30. The molecule has 31 heavy (non-hydrogen) atoms. The summed E-state index contributed by atoms with van der Waals surface area (Å²) in [5.74, 6) is 0.695. The molecule has 0 spiro atoms. The van der Waals surface area contributed by atoms with E-state index in [2.05, 4.69) is 46.2 Å². The van der Waals surface area contributed by atoms with Crippen LogP contribution in [-0.4, -0.2) is 93.2 Å². The van der Waals surface area contributed by atoms with Crippen LogP contribution in [0.3, 0.4) is 0 Å². The largest absolute Gasteiger partial charge is 0.379 e. The molecule has 1 aromatic rings. The SMILES string of the molecule is CN(C)CCCNC(=O)CC[C@@H]1CN(Cc2ccc(Cl)cc2)CC[C@@H]1N1CCOCC1. The molecule has 7 heteroatoms. The maximum atomic E-state index is 12.4. The van der Waals surface area contributed by atoms with Crippen molar-refractivity contribution in [2.75, 3.05) is 66.6 Å². The quantitative estimate of drug-likeness (QED) is 0.555. The van der Waals surface area contributed by atoms with E-state index in [1.54, 1.807) is 0 Å². The van der Waals surface area contributed by atoms with Crippen LogP contribution in [0.15, 0.2) is 24.3 Å². The molecule has 1 aromatic carbocycles. The number of benzene rings is 1. The highest BCUT2D eigenvalue weighted by atomic mass is 35.5. The van der Waals surface area contributed by atoms with Gasteiger partial charge in [-0.2, -0.15) is 0 Å². The molecule has 0 saturated carbocycles. The summed E-state index contributed by atoms with van der Waals surface area (Å²) in [6, 6.07) is 8.72. The van der Waals surface area contributed by atoms with Crippen LogP contribution < -0.4 is 5.32 Å². The highest BCUT2D eigenvalue weighted by Gasteiger charge is 2.34. The second kappa shape index (κ2) is 12.8. The van der Waals surface area contributed by atoms with Crippen molar-refractivity contribution in [3.63, 3.8) is 0 Å². The number of piperidine rings is 1. The van der Waals surface area contributed by atoms with E-state index < -0.39 is 0 Å². The molecule has 2 aliphatic rings. The zero-order chi connectivity index (χ0) is 22.1. The van der Waals surface area contributed by atoms with Crippen LogP contribution in [0.25, 0.3) is 0 Å². The lowest BCUT2D eigenvalue weighted by molar-refractivity contribution is -0.121. The van der Waals surface area contributed by atoms with Gasteiger partial charge in [0.05, 0.1) is 13.2 Å². The van der Waals surface area contributed by atoms with Crippen molar-refractivity contribution in [1.82, 2.24) is 20.0 Å². The standard InChI is InChI=1S/C24H39ClN4O2/c1-27(2)12-3-11-26-24(30)9-6-21-19-28(18-20-4-7-22(25)8-5-20)13-10-23(21)29-14-16-31-17-15-29/h4-5,7-8,21,23H,3,6,9-19H2,1-2H3,(H,26,30)/t21-,23+/m1/s1. The molecule has 6 nitrogen and oxygen atoms in total. The second-order valence-electron chi connectivity index (χ2n) is 9.17. The van der Waals surface area contributed by atoms with Gasteiger partial charge in [0.15, 0.2) is 0 Å². The molecule has 0 radical (unpaired) electrons. The number of carbonyl (C=O) groups is 1. The summed E-state index contributed by atoms with van der Waals surface area (Å²) in [4.78, 5) is 19.7. The van der Waals surface area contributed by atoms with Crippen LogP contribution in [0.5, 0.6) is 0 Å². The van der Waals surface area contributed by atoms with Crippen molar-refractivity contribution in [3.05, 3.63) is 34.9 Å². The van der Waals surface area contributed by atoms with Crippen LogP contribution in [-0.2, 0) is 16.1 Å². The first-order valence-corrected chi connectivity index (χ1v) is 12.1. The topological polar surface area (TPSA) is 48.1 Å². The average Bonchev–Trinajstić information content (AvgIpc) is 2.77. The number of ether oxygens (including phenoxy) is 1. The Morgan fingerprint density at radius 2 is 1.94 bits per heavy atom. The molecule has 0 unspecified atom stereocenters. The number of rotatable bonds is 10.